The van der Waals surface area contributed by atoms with Crippen molar-refractivity contribution in [2.24, 2.45) is 5.92 Å². The number of carbonyl (C=O) groups excluding carboxylic acids is 2. The van der Waals surface area contributed by atoms with Gasteiger partial charge in [-0.3, -0.25) is 4.79 Å². The maximum atomic E-state index is 12.1. The number of halogens is 1. The first-order valence-electron chi connectivity index (χ1n) is 8.00. The molecule has 2 aromatic rings. The van der Waals surface area contributed by atoms with Crippen LogP contribution in [0.3, 0.4) is 0 Å². The molecule has 0 bridgehead atoms. The van der Waals surface area contributed by atoms with Gasteiger partial charge in [0.2, 0.25) is 0 Å². The minimum atomic E-state index is -0.690. The molecule has 0 spiro atoms. The van der Waals surface area contributed by atoms with Gasteiger partial charge in [0.25, 0.3) is 5.91 Å². The standard InChI is InChI=1S/C17H21ClN4O3/c1-11(2)7-8-19-15(23)10-25-17(24)16-12(3)20-22(21-16)14-6-4-5-13(18)9-14/h4-6,9,11H,7-8,10H2,1-3H3,(H,19,23). The van der Waals surface area contributed by atoms with Crippen LogP contribution in [-0.4, -0.2) is 40.0 Å². The third-order valence-electron chi connectivity index (χ3n) is 3.39. The third kappa shape index (κ3) is 5.56. The van der Waals surface area contributed by atoms with Crippen LogP contribution in [0.2, 0.25) is 5.02 Å². The summed E-state index contributed by atoms with van der Waals surface area (Å²) in [7, 11) is 0. The lowest BCUT2D eigenvalue weighted by atomic mass is 10.1. The van der Waals surface area contributed by atoms with Crippen LogP contribution in [0.4, 0.5) is 0 Å². The summed E-state index contributed by atoms with van der Waals surface area (Å²) in [6.45, 7) is 5.99. The van der Waals surface area contributed by atoms with Gasteiger partial charge in [-0.2, -0.15) is 9.90 Å². The van der Waals surface area contributed by atoms with Gasteiger partial charge in [-0.05, 0) is 37.5 Å². The van der Waals surface area contributed by atoms with Gasteiger partial charge in [0.15, 0.2) is 12.3 Å². The number of hydrogen-bond donors (Lipinski definition) is 1. The number of ether oxygens (including phenoxy) is 1. The number of nitrogens with one attached hydrogen (secondary N) is 1. The molecule has 0 aliphatic heterocycles. The minimum Gasteiger partial charge on any atom is -0.451 e. The Balaban J connectivity index is 1.95. The van der Waals surface area contributed by atoms with E-state index in [9.17, 15) is 9.59 Å². The normalized spacial score (nSPS) is 10.8. The Bertz CT molecular complexity index is 758. The largest absolute Gasteiger partial charge is 0.451 e. The van der Waals surface area contributed by atoms with Crippen LogP contribution in [0.5, 0.6) is 0 Å². The third-order valence-corrected chi connectivity index (χ3v) is 3.63. The molecule has 1 heterocycles. The van der Waals surface area contributed by atoms with Gasteiger partial charge in [-0.25, -0.2) is 4.79 Å². The van der Waals surface area contributed by atoms with Crippen LogP contribution in [-0.2, 0) is 9.53 Å². The molecule has 0 fully saturated rings. The van der Waals surface area contributed by atoms with E-state index in [-0.39, 0.29) is 18.2 Å². The van der Waals surface area contributed by atoms with Gasteiger partial charge in [0, 0.05) is 11.6 Å². The molecule has 0 aliphatic carbocycles. The van der Waals surface area contributed by atoms with E-state index in [1.165, 1.54) is 4.80 Å². The topological polar surface area (TPSA) is 86.1 Å². The predicted molar refractivity (Wildman–Crippen MR) is 93.9 cm³/mol. The van der Waals surface area contributed by atoms with Gasteiger partial charge < -0.3 is 10.1 Å². The number of aromatic nitrogens is 3. The smallest absolute Gasteiger partial charge is 0.361 e. The summed E-state index contributed by atoms with van der Waals surface area (Å²) in [6, 6.07) is 6.94. The molecule has 1 aromatic carbocycles. The number of aryl methyl sites for hydroxylation is 1. The maximum absolute atomic E-state index is 12.1. The van der Waals surface area contributed by atoms with Crippen molar-refractivity contribution in [2.75, 3.05) is 13.2 Å². The van der Waals surface area contributed by atoms with Crippen molar-refractivity contribution in [3.63, 3.8) is 0 Å². The number of benzene rings is 1. The molecule has 8 heteroatoms. The zero-order chi connectivity index (χ0) is 18.4. The number of esters is 1. The average Bonchev–Trinajstić information content (AvgIpc) is 2.94. The highest BCUT2D eigenvalue weighted by Crippen LogP contribution is 2.14. The van der Waals surface area contributed by atoms with Crippen LogP contribution < -0.4 is 5.32 Å². The van der Waals surface area contributed by atoms with Crippen molar-refractivity contribution < 1.29 is 14.3 Å². The summed E-state index contributed by atoms with van der Waals surface area (Å²) in [4.78, 5) is 25.1. The van der Waals surface area contributed by atoms with E-state index in [0.717, 1.165) is 6.42 Å². The number of nitrogens with zero attached hydrogens (tertiary/aromatic N) is 3. The van der Waals surface area contributed by atoms with Crippen LogP contribution >= 0.6 is 11.6 Å². The Morgan fingerprint density at radius 3 is 2.76 bits per heavy atom. The zero-order valence-electron chi connectivity index (χ0n) is 14.5. The van der Waals surface area contributed by atoms with Crippen molar-refractivity contribution in [3.05, 3.63) is 40.7 Å². The number of rotatable bonds is 7. The Morgan fingerprint density at radius 2 is 2.08 bits per heavy atom. The fraction of sp³-hybridized carbons (Fsp3) is 0.412. The number of hydrogen-bond acceptors (Lipinski definition) is 5. The molecule has 0 saturated heterocycles. The molecule has 0 radical (unpaired) electrons. The van der Waals surface area contributed by atoms with E-state index in [2.05, 4.69) is 29.4 Å². The molecule has 0 atom stereocenters. The molecular weight excluding hydrogens is 344 g/mol. The van der Waals surface area contributed by atoms with E-state index in [4.69, 9.17) is 16.3 Å². The minimum absolute atomic E-state index is 0.0648. The second-order valence-corrected chi connectivity index (χ2v) is 6.45. The lowest BCUT2D eigenvalue weighted by Crippen LogP contribution is -2.30. The monoisotopic (exact) mass is 364 g/mol. The van der Waals surface area contributed by atoms with Gasteiger partial charge in [0.05, 0.1) is 11.4 Å². The average molecular weight is 365 g/mol. The lowest BCUT2D eigenvalue weighted by Gasteiger charge is -2.07. The van der Waals surface area contributed by atoms with Crippen molar-refractivity contribution in [2.45, 2.75) is 27.2 Å². The van der Waals surface area contributed by atoms with Crippen molar-refractivity contribution in [1.29, 1.82) is 0 Å². The molecular formula is C17H21ClN4O3. The molecule has 1 aromatic heterocycles. The van der Waals surface area contributed by atoms with Crippen molar-refractivity contribution >= 4 is 23.5 Å². The molecule has 0 aliphatic rings. The summed E-state index contributed by atoms with van der Waals surface area (Å²) >= 11 is 5.94. The Morgan fingerprint density at radius 1 is 1.32 bits per heavy atom. The molecule has 0 unspecified atom stereocenters. The van der Waals surface area contributed by atoms with Crippen molar-refractivity contribution in [3.8, 4) is 5.69 Å². The summed E-state index contributed by atoms with van der Waals surface area (Å²) in [6.07, 6.45) is 0.868. The summed E-state index contributed by atoms with van der Waals surface area (Å²) in [5.41, 5.74) is 1.10. The van der Waals surface area contributed by atoms with Crippen LogP contribution in [0.25, 0.3) is 5.69 Å². The first-order chi connectivity index (χ1) is 11.9. The van der Waals surface area contributed by atoms with E-state index in [1.807, 2.05) is 0 Å². The Hall–Kier alpha value is -2.41. The summed E-state index contributed by atoms with van der Waals surface area (Å²) in [5.74, 6) is -0.536. The van der Waals surface area contributed by atoms with Crippen LogP contribution in [0, 0.1) is 12.8 Å². The highest BCUT2D eigenvalue weighted by molar-refractivity contribution is 6.30. The molecule has 25 heavy (non-hydrogen) atoms. The molecule has 1 amide bonds. The highest BCUT2D eigenvalue weighted by atomic mass is 35.5. The Labute approximate surface area is 151 Å². The first kappa shape index (κ1) is 18.9. The van der Waals surface area contributed by atoms with Crippen LogP contribution in [0.15, 0.2) is 24.3 Å². The van der Waals surface area contributed by atoms with E-state index in [1.54, 1.807) is 31.2 Å². The molecule has 7 nitrogen and oxygen atoms in total. The quantitative estimate of drug-likeness (QED) is 0.763. The lowest BCUT2D eigenvalue weighted by molar-refractivity contribution is -0.124. The summed E-state index contributed by atoms with van der Waals surface area (Å²) in [5, 5.41) is 11.5. The maximum Gasteiger partial charge on any atom is 0.361 e. The summed E-state index contributed by atoms with van der Waals surface area (Å²) < 4.78 is 5.01. The predicted octanol–water partition coefficient (Wildman–Crippen LogP) is 2.55. The fourth-order valence-corrected chi connectivity index (χ4v) is 2.22. The Kier molecular flexibility index (Phi) is 6.52. The molecule has 1 N–H and O–H groups in total. The van der Waals surface area contributed by atoms with E-state index < -0.39 is 5.97 Å². The number of carbonyl (C=O) groups is 2. The van der Waals surface area contributed by atoms with E-state index >= 15 is 0 Å². The van der Waals surface area contributed by atoms with Crippen molar-refractivity contribution in [1.82, 2.24) is 20.3 Å². The zero-order valence-corrected chi connectivity index (χ0v) is 15.2. The van der Waals surface area contributed by atoms with Gasteiger partial charge in [-0.1, -0.05) is 31.5 Å². The molecule has 134 valence electrons. The second-order valence-electron chi connectivity index (χ2n) is 6.01. The van der Waals surface area contributed by atoms with Crippen LogP contribution in [0.1, 0.15) is 36.5 Å². The first-order valence-corrected chi connectivity index (χ1v) is 8.38. The van der Waals surface area contributed by atoms with Gasteiger partial charge >= 0.3 is 5.97 Å². The SMILES string of the molecule is Cc1nn(-c2cccc(Cl)c2)nc1C(=O)OCC(=O)NCCC(C)C. The van der Waals surface area contributed by atoms with Gasteiger partial charge in [0.1, 0.15) is 0 Å². The molecule has 0 saturated carbocycles. The fourth-order valence-electron chi connectivity index (χ4n) is 2.03. The molecule has 2 rings (SSSR count). The highest BCUT2D eigenvalue weighted by Gasteiger charge is 2.19. The van der Waals surface area contributed by atoms with E-state index in [0.29, 0.717) is 28.9 Å². The second kappa shape index (κ2) is 8.62. The number of amides is 1. The van der Waals surface area contributed by atoms with Gasteiger partial charge in [-0.15, -0.1) is 5.10 Å².